The van der Waals surface area contributed by atoms with Gasteiger partial charge in [0.05, 0.1) is 18.9 Å². The number of benzene rings is 2. The van der Waals surface area contributed by atoms with Crippen molar-refractivity contribution in [1.82, 2.24) is 0 Å². The standard InChI is InChI=1S/C24H31N3O/c1-18-16-24(2,3)26(4)23-10-5-19(15-22(18)23)17-25-20-6-8-21(9-7-20)27-11-13-28-14-12-27/h5-10,15,17-18H,11-14,16H2,1-4H3. The molecule has 4 heteroatoms. The van der Waals surface area contributed by atoms with Crippen LogP contribution in [-0.4, -0.2) is 45.1 Å². The summed E-state index contributed by atoms with van der Waals surface area (Å²) in [5.74, 6) is 0.558. The zero-order valence-electron chi connectivity index (χ0n) is 17.5. The molecule has 4 nitrogen and oxygen atoms in total. The molecule has 1 saturated heterocycles. The van der Waals surface area contributed by atoms with E-state index in [-0.39, 0.29) is 5.54 Å². The molecule has 2 aliphatic heterocycles. The molecular weight excluding hydrogens is 346 g/mol. The lowest BCUT2D eigenvalue weighted by Crippen LogP contribution is -2.45. The number of rotatable bonds is 3. The Morgan fingerprint density at radius 1 is 1.07 bits per heavy atom. The molecule has 2 aromatic rings. The molecule has 4 rings (SSSR count). The van der Waals surface area contributed by atoms with Gasteiger partial charge in [0.25, 0.3) is 0 Å². The van der Waals surface area contributed by atoms with E-state index in [1.165, 1.54) is 23.4 Å². The summed E-state index contributed by atoms with van der Waals surface area (Å²) in [6.07, 6.45) is 3.15. The smallest absolute Gasteiger partial charge is 0.0642 e. The molecule has 1 fully saturated rings. The molecule has 0 aromatic heterocycles. The second-order valence-corrected chi connectivity index (χ2v) is 8.67. The number of hydrogen-bond acceptors (Lipinski definition) is 4. The van der Waals surface area contributed by atoms with Gasteiger partial charge < -0.3 is 14.5 Å². The Morgan fingerprint density at radius 2 is 1.79 bits per heavy atom. The molecule has 1 atom stereocenters. The van der Waals surface area contributed by atoms with Crippen LogP contribution in [0.1, 0.15) is 44.2 Å². The number of hydrogen-bond donors (Lipinski definition) is 0. The van der Waals surface area contributed by atoms with E-state index in [9.17, 15) is 0 Å². The highest BCUT2D eigenvalue weighted by Crippen LogP contribution is 2.42. The Morgan fingerprint density at radius 3 is 2.50 bits per heavy atom. The van der Waals surface area contributed by atoms with E-state index in [1.54, 1.807) is 0 Å². The molecule has 0 N–H and O–H groups in total. The van der Waals surface area contributed by atoms with Crippen LogP contribution in [0.25, 0.3) is 0 Å². The van der Waals surface area contributed by atoms with E-state index >= 15 is 0 Å². The molecule has 0 spiro atoms. The lowest BCUT2D eigenvalue weighted by atomic mass is 9.80. The average Bonchev–Trinajstić information content (AvgIpc) is 2.71. The summed E-state index contributed by atoms with van der Waals surface area (Å²) in [5.41, 5.74) is 6.36. The number of fused-ring (bicyclic) bond motifs is 1. The lowest BCUT2D eigenvalue weighted by Gasteiger charge is -2.45. The Labute approximate surface area is 168 Å². The first-order valence-electron chi connectivity index (χ1n) is 10.3. The van der Waals surface area contributed by atoms with Gasteiger partial charge in [-0.2, -0.15) is 0 Å². The number of ether oxygens (including phenoxy) is 1. The van der Waals surface area contributed by atoms with Crippen LogP contribution in [0, 0.1) is 0 Å². The van der Waals surface area contributed by atoms with Crippen molar-refractivity contribution < 1.29 is 4.74 Å². The Kier molecular flexibility index (Phi) is 5.15. The van der Waals surface area contributed by atoms with Crippen LogP contribution >= 0.6 is 0 Å². The molecular formula is C24H31N3O. The highest BCUT2D eigenvalue weighted by atomic mass is 16.5. The average molecular weight is 378 g/mol. The van der Waals surface area contributed by atoms with E-state index in [4.69, 9.17) is 9.73 Å². The first kappa shape index (κ1) is 19.0. The molecule has 28 heavy (non-hydrogen) atoms. The summed E-state index contributed by atoms with van der Waals surface area (Å²) in [5, 5.41) is 0. The highest BCUT2D eigenvalue weighted by Gasteiger charge is 2.33. The summed E-state index contributed by atoms with van der Waals surface area (Å²) in [7, 11) is 2.20. The maximum absolute atomic E-state index is 5.43. The minimum absolute atomic E-state index is 0.199. The third-order valence-corrected chi connectivity index (χ3v) is 6.25. The van der Waals surface area contributed by atoms with Gasteiger partial charge in [-0.25, -0.2) is 0 Å². The number of morpholine rings is 1. The summed E-state index contributed by atoms with van der Waals surface area (Å²) in [6.45, 7) is 10.5. The van der Waals surface area contributed by atoms with Crippen molar-refractivity contribution in [2.45, 2.75) is 38.6 Å². The second kappa shape index (κ2) is 7.59. The zero-order valence-corrected chi connectivity index (χ0v) is 17.5. The summed E-state index contributed by atoms with van der Waals surface area (Å²) in [6, 6.07) is 15.2. The normalized spacial score (nSPS) is 21.8. The van der Waals surface area contributed by atoms with Crippen LogP contribution in [0.4, 0.5) is 17.1 Å². The Balaban J connectivity index is 1.50. The molecule has 2 aromatic carbocycles. The van der Waals surface area contributed by atoms with Crippen LogP contribution in [0.15, 0.2) is 47.5 Å². The van der Waals surface area contributed by atoms with Gasteiger partial charge in [0.1, 0.15) is 0 Å². The van der Waals surface area contributed by atoms with Gasteiger partial charge in [-0.1, -0.05) is 13.0 Å². The minimum Gasteiger partial charge on any atom is -0.378 e. The van der Waals surface area contributed by atoms with E-state index in [1.807, 2.05) is 6.21 Å². The maximum atomic E-state index is 5.43. The minimum atomic E-state index is 0.199. The second-order valence-electron chi connectivity index (χ2n) is 8.67. The van der Waals surface area contributed by atoms with Crippen molar-refractivity contribution in [2.24, 2.45) is 4.99 Å². The Hall–Kier alpha value is -2.33. The van der Waals surface area contributed by atoms with Crippen molar-refractivity contribution in [3.05, 3.63) is 53.6 Å². The van der Waals surface area contributed by atoms with Gasteiger partial charge in [-0.05, 0) is 73.7 Å². The molecule has 0 amide bonds. The summed E-state index contributed by atoms with van der Waals surface area (Å²) in [4.78, 5) is 9.47. The third-order valence-electron chi connectivity index (χ3n) is 6.25. The first-order valence-corrected chi connectivity index (χ1v) is 10.3. The van der Waals surface area contributed by atoms with E-state index < -0.39 is 0 Å². The fourth-order valence-corrected chi connectivity index (χ4v) is 4.40. The molecule has 2 aliphatic rings. The van der Waals surface area contributed by atoms with Gasteiger partial charge in [0.15, 0.2) is 0 Å². The van der Waals surface area contributed by atoms with Crippen molar-refractivity contribution in [3.63, 3.8) is 0 Å². The molecule has 148 valence electrons. The fraction of sp³-hybridized carbons (Fsp3) is 0.458. The predicted molar refractivity (Wildman–Crippen MR) is 119 cm³/mol. The van der Waals surface area contributed by atoms with E-state index in [0.717, 1.165) is 37.6 Å². The maximum Gasteiger partial charge on any atom is 0.0642 e. The molecule has 2 heterocycles. The van der Waals surface area contributed by atoms with Gasteiger partial charge in [-0.3, -0.25) is 4.99 Å². The van der Waals surface area contributed by atoms with Crippen molar-refractivity contribution in [3.8, 4) is 0 Å². The van der Waals surface area contributed by atoms with Crippen molar-refractivity contribution in [1.29, 1.82) is 0 Å². The number of nitrogens with zero attached hydrogens (tertiary/aromatic N) is 3. The molecule has 0 radical (unpaired) electrons. The highest BCUT2D eigenvalue weighted by molar-refractivity contribution is 5.84. The molecule has 1 unspecified atom stereocenters. The van der Waals surface area contributed by atoms with Crippen LogP contribution in [0.3, 0.4) is 0 Å². The van der Waals surface area contributed by atoms with E-state index in [2.05, 4.69) is 80.1 Å². The number of anilines is 2. The van der Waals surface area contributed by atoms with Gasteiger partial charge in [0.2, 0.25) is 0 Å². The van der Waals surface area contributed by atoms with Crippen LogP contribution in [-0.2, 0) is 4.74 Å². The molecule has 0 aliphatic carbocycles. The van der Waals surface area contributed by atoms with E-state index in [0.29, 0.717) is 5.92 Å². The fourth-order valence-electron chi connectivity index (χ4n) is 4.40. The van der Waals surface area contributed by atoms with Crippen molar-refractivity contribution >= 4 is 23.3 Å². The number of aliphatic imine (C=N–C) groups is 1. The topological polar surface area (TPSA) is 28.1 Å². The third kappa shape index (κ3) is 3.79. The first-order chi connectivity index (χ1) is 13.4. The largest absolute Gasteiger partial charge is 0.378 e. The molecule has 0 bridgehead atoms. The van der Waals surface area contributed by atoms with Crippen LogP contribution in [0.2, 0.25) is 0 Å². The quantitative estimate of drug-likeness (QED) is 0.705. The lowest BCUT2D eigenvalue weighted by molar-refractivity contribution is 0.122. The van der Waals surface area contributed by atoms with Gasteiger partial charge in [-0.15, -0.1) is 0 Å². The van der Waals surface area contributed by atoms with Crippen LogP contribution < -0.4 is 9.80 Å². The van der Waals surface area contributed by atoms with Crippen molar-refractivity contribution in [2.75, 3.05) is 43.2 Å². The van der Waals surface area contributed by atoms with Crippen LogP contribution in [0.5, 0.6) is 0 Å². The van der Waals surface area contributed by atoms with Gasteiger partial charge in [0, 0.05) is 43.3 Å². The summed E-state index contributed by atoms with van der Waals surface area (Å²) < 4.78 is 5.43. The SMILES string of the molecule is CC1CC(C)(C)N(C)c2ccc(C=Nc3ccc(N4CCOCC4)cc3)cc21. The monoisotopic (exact) mass is 377 g/mol. The molecule has 0 saturated carbocycles. The predicted octanol–water partition coefficient (Wildman–Crippen LogP) is 5.00. The summed E-state index contributed by atoms with van der Waals surface area (Å²) >= 11 is 0. The van der Waals surface area contributed by atoms with Gasteiger partial charge >= 0.3 is 0 Å². The Bertz CT molecular complexity index is 851. The zero-order chi connectivity index (χ0) is 19.7.